The molecular weight excluding hydrogens is 246 g/mol. The fourth-order valence-corrected chi connectivity index (χ4v) is 2.06. The van der Waals surface area contributed by atoms with E-state index in [9.17, 15) is 14.0 Å². The topological polar surface area (TPSA) is 72.0 Å². The van der Waals surface area contributed by atoms with Crippen molar-refractivity contribution >= 4 is 0 Å². The lowest BCUT2D eigenvalue weighted by Crippen LogP contribution is -2.13. The predicted molar refractivity (Wildman–Crippen MR) is 54.5 cm³/mol. The quantitative estimate of drug-likeness (QED) is 0.859. The van der Waals surface area contributed by atoms with Crippen molar-refractivity contribution in [1.82, 2.24) is 29.4 Å². The maximum atomic E-state index is 12.7. The van der Waals surface area contributed by atoms with Gasteiger partial charge in [-0.3, -0.25) is 4.57 Å². The van der Waals surface area contributed by atoms with Crippen LogP contribution in [0.3, 0.4) is 0 Å². The van der Waals surface area contributed by atoms with Crippen LogP contribution in [0, 0.1) is 0 Å². The van der Waals surface area contributed by atoms with Gasteiger partial charge in [-0.1, -0.05) is 0 Å². The first-order chi connectivity index (χ1) is 8.58. The number of aromatic nitrogens is 5. The minimum atomic E-state index is -2.71. The Morgan fingerprint density at radius 3 is 2.78 bits per heavy atom. The number of fused-ring (bicyclic) bond motifs is 1. The molecule has 3 rings (SSSR count). The van der Waals surface area contributed by atoms with Crippen LogP contribution in [-0.4, -0.2) is 34.6 Å². The van der Waals surface area contributed by atoms with Gasteiger partial charge in [0.05, 0.1) is 24.5 Å². The van der Waals surface area contributed by atoms with Crippen molar-refractivity contribution in [2.45, 2.75) is 19.6 Å². The molecule has 7 nitrogen and oxygen atoms in total. The Labute approximate surface area is 100 Å². The van der Waals surface area contributed by atoms with Gasteiger partial charge in [0.15, 0.2) is 5.82 Å². The average Bonchev–Trinajstić information content (AvgIpc) is 2.95. The monoisotopic (exact) mass is 256 g/mol. The average molecular weight is 256 g/mol. The van der Waals surface area contributed by atoms with Crippen LogP contribution < -0.4 is 0 Å². The van der Waals surface area contributed by atoms with Crippen molar-refractivity contribution in [2.75, 3.05) is 0 Å². The fraction of sp³-hybridized carbons (Fsp3) is 0.444. The zero-order chi connectivity index (χ0) is 12.9. The molecule has 1 N–H and O–H groups in total. The number of hydrogen-bond donors (Lipinski definition) is 1. The van der Waals surface area contributed by atoms with E-state index in [1.807, 2.05) is 0 Å². The maximum absolute atomic E-state index is 12.7. The third-order valence-corrected chi connectivity index (χ3v) is 2.94. The molecule has 0 spiro atoms. The van der Waals surface area contributed by atoms with Gasteiger partial charge in [-0.25, -0.2) is 4.98 Å². The zero-order valence-electron chi connectivity index (χ0n) is 9.46. The number of imidazole rings is 1. The first-order valence-corrected chi connectivity index (χ1v) is 5.24. The molecule has 2 aromatic rings. The zero-order valence-corrected chi connectivity index (χ0v) is 9.46. The molecular formula is C9H10F2N6O. The lowest BCUT2D eigenvalue weighted by molar-refractivity contribution is -0.0984. The fourth-order valence-electron chi connectivity index (χ4n) is 2.06. The molecule has 0 fully saturated rings. The third-order valence-electron chi connectivity index (χ3n) is 2.94. The molecule has 96 valence electrons. The van der Waals surface area contributed by atoms with E-state index >= 15 is 0 Å². The second-order valence-electron chi connectivity index (χ2n) is 4.05. The van der Waals surface area contributed by atoms with Crippen molar-refractivity contribution in [3.8, 4) is 11.6 Å². The standard InChI is InChI=1S/C9H10F2N6O/c1-15-6-3-16(18)2-5(6)13-7(15)8-14-12-4-17(8)9(10)11/h4,9,18H,2-3H2,1H3. The summed E-state index contributed by atoms with van der Waals surface area (Å²) in [4.78, 5) is 4.23. The summed E-state index contributed by atoms with van der Waals surface area (Å²) >= 11 is 0. The van der Waals surface area contributed by atoms with Gasteiger partial charge in [-0.05, 0) is 0 Å². The van der Waals surface area contributed by atoms with Gasteiger partial charge in [-0.2, -0.15) is 13.8 Å². The van der Waals surface area contributed by atoms with Crippen LogP contribution >= 0.6 is 0 Å². The van der Waals surface area contributed by atoms with E-state index in [2.05, 4.69) is 15.2 Å². The summed E-state index contributed by atoms with van der Waals surface area (Å²) in [6, 6.07) is 0. The summed E-state index contributed by atoms with van der Waals surface area (Å²) in [6.07, 6.45) is 0.970. The number of hydroxylamine groups is 2. The predicted octanol–water partition coefficient (Wildman–Crippen LogP) is 0.778. The van der Waals surface area contributed by atoms with E-state index in [0.29, 0.717) is 22.6 Å². The molecule has 9 heteroatoms. The Kier molecular flexibility index (Phi) is 2.38. The van der Waals surface area contributed by atoms with E-state index in [-0.39, 0.29) is 12.4 Å². The van der Waals surface area contributed by atoms with E-state index in [1.54, 1.807) is 11.6 Å². The first-order valence-electron chi connectivity index (χ1n) is 5.24. The lowest BCUT2D eigenvalue weighted by atomic mass is 10.4. The van der Waals surface area contributed by atoms with Gasteiger partial charge < -0.3 is 9.77 Å². The Hall–Kier alpha value is -1.87. The van der Waals surface area contributed by atoms with Crippen molar-refractivity contribution in [3.05, 3.63) is 17.7 Å². The molecule has 0 radical (unpaired) electrons. The number of nitrogens with zero attached hydrogens (tertiary/aromatic N) is 6. The van der Waals surface area contributed by atoms with Crippen LogP contribution in [0.1, 0.15) is 17.9 Å². The largest absolute Gasteiger partial charge is 0.327 e. The van der Waals surface area contributed by atoms with E-state index in [4.69, 9.17) is 0 Å². The molecule has 0 aliphatic carbocycles. The molecule has 1 aliphatic heterocycles. The summed E-state index contributed by atoms with van der Waals surface area (Å²) in [5.74, 6) is 0.345. The van der Waals surface area contributed by atoms with Crippen LogP contribution in [0.25, 0.3) is 11.6 Å². The van der Waals surface area contributed by atoms with E-state index in [0.717, 1.165) is 17.1 Å². The third kappa shape index (κ3) is 1.51. The van der Waals surface area contributed by atoms with Gasteiger partial charge in [0, 0.05) is 7.05 Å². The number of hydrogen-bond acceptors (Lipinski definition) is 5. The summed E-state index contributed by atoms with van der Waals surface area (Å²) in [6.45, 7) is -2.11. The molecule has 3 heterocycles. The molecule has 0 bridgehead atoms. The van der Waals surface area contributed by atoms with Crippen molar-refractivity contribution < 1.29 is 14.0 Å². The highest BCUT2D eigenvalue weighted by Crippen LogP contribution is 2.27. The summed E-state index contributed by atoms with van der Waals surface area (Å²) < 4.78 is 27.8. The second kappa shape index (κ2) is 3.82. The molecule has 0 amide bonds. The second-order valence-corrected chi connectivity index (χ2v) is 4.05. The Balaban J connectivity index is 2.09. The number of halogens is 2. The van der Waals surface area contributed by atoms with Gasteiger partial charge in [0.1, 0.15) is 6.33 Å². The van der Waals surface area contributed by atoms with E-state index < -0.39 is 6.55 Å². The van der Waals surface area contributed by atoms with Crippen molar-refractivity contribution in [2.24, 2.45) is 7.05 Å². The normalized spacial score (nSPS) is 15.6. The van der Waals surface area contributed by atoms with Crippen molar-refractivity contribution in [1.29, 1.82) is 0 Å². The highest BCUT2D eigenvalue weighted by Gasteiger charge is 2.27. The van der Waals surface area contributed by atoms with E-state index in [1.165, 1.54) is 0 Å². The summed E-state index contributed by atoms with van der Waals surface area (Å²) in [5.41, 5.74) is 1.45. The minimum Gasteiger partial charge on any atom is -0.327 e. The van der Waals surface area contributed by atoms with Gasteiger partial charge in [0.2, 0.25) is 5.82 Å². The van der Waals surface area contributed by atoms with Crippen LogP contribution in [0.5, 0.6) is 0 Å². The molecule has 1 aliphatic rings. The Morgan fingerprint density at radius 2 is 2.11 bits per heavy atom. The minimum absolute atomic E-state index is 0.0198. The maximum Gasteiger partial charge on any atom is 0.321 e. The van der Waals surface area contributed by atoms with Crippen LogP contribution in [0.15, 0.2) is 6.33 Å². The highest BCUT2D eigenvalue weighted by atomic mass is 19.3. The molecule has 2 aromatic heterocycles. The van der Waals surface area contributed by atoms with Gasteiger partial charge in [-0.15, -0.1) is 10.2 Å². The first kappa shape index (κ1) is 11.2. The lowest BCUT2D eigenvalue weighted by Gasteiger charge is -2.08. The molecule has 18 heavy (non-hydrogen) atoms. The Morgan fingerprint density at radius 1 is 1.33 bits per heavy atom. The SMILES string of the molecule is Cn1c(-c2nncn2C(F)F)nc2c1CN(O)C2. The summed E-state index contributed by atoms with van der Waals surface area (Å²) in [7, 11) is 1.70. The smallest absolute Gasteiger partial charge is 0.321 e. The highest BCUT2D eigenvalue weighted by molar-refractivity contribution is 5.47. The van der Waals surface area contributed by atoms with Crippen molar-refractivity contribution in [3.63, 3.8) is 0 Å². The molecule has 0 unspecified atom stereocenters. The van der Waals surface area contributed by atoms with Crippen LogP contribution in [0.2, 0.25) is 0 Å². The number of rotatable bonds is 2. The van der Waals surface area contributed by atoms with Crippen LogP contribution in [-0.2, 0) is 20.1 Å². The number of alkyl halides is 2. The summed E-state index contributed by atoms with van der Waals surface area (Å²) in [5, 5.41) is 17.6. The molecule has 0 atom stereocenters. The Bertz CT molecular complexity index is 592. The van der Waals surface area contributed by atoms with Crippen LogP contribution in [0.4, 0.5) is 8.78 Å². The van der Waals surface area contributed by atoms with Gasteiger partial charge >= 0.3 is 6.55 Å². The molecule has 0 aromatic carbocycles. The molecule has 0 saturated heterocycles. The van der Waals surface area contributed by atoms with Gasteiger partial charge in [0.25, 0.3) is 0 Å². The molecule has 0 saturated carbocycles.